The summed E-state index contributed by atoms with van der Waals surface area (Å²) in [5.74, 6) is 0.463. The van der Waals surface area contributed by atoms with E-state index in [0.29, 0.717) is 16.6 Å². The lowest BCUT2D eigenvalue weighted by Crippen LogP contribution is -2.35. The summed E-state index contributed by atoms with van der Waals surface area (Å²) in [5.41, 5.74) is 5.66. The molecule has 1 atom stereocenters. The molecule has 1 amide bonds. The van der Waals surface area contributed by atoms with Gasteiger partial charge in [0.05, 0.1) is 11.7 Å². The van der Waals surface area contributed by atoms with Crippen molar-refractivity contribution in [1.82, 2.24) is 15.1 Å². The van der Waals surface area contributed by atoms with Gasteiger partial charge in [0.2, 0.25) is 0 Å². The monoisotopic (exact) mass is 393 g/mol. The van der Waals surface area contributed by atoms with E-state index >= 15 is 0 Å². The summed E-state index contributed by atoms with van der Waals surface area (Å²) in [6, 6.07) is 16.1. The van der Waals surface area contributed by atoms with Crippen LogP contribution in [-0.4, -0.2) is 27.0 Å². The Labute approximate surface area is 170 Å². The molecule has 28 heavy (non-hydrogen) atoms. The Morgan fingerprint density at radius 3 is 2.21 bits per heavy atom. The van der Waals surface area contributed by atoms with Crippen molar-refractivity contribution >= 4 is 17.5 Å². The predicted octanol–water partition coefficient (Wildman–Crippen LogP) is 5.81. The smallest absolute Gasteiger partial charge is 0.273 e. The second-order valence-corrected chi connectivity index (χ2v) is 8.33. The quantitative estimate of drug-likeness (QED) is 0.608. The first-order chi connectivity index (χ1) is 13.4. The van der Waals surface area contributed by atoms with Crippen LogP contribution in [-0.2, 0) is 0 Å². The summed E-state index contributed by atoms with van der Waals surface area (Å²) >= 11 is 6.05. The largest absolute Gasteiger partial charge is 0.324 e. The van der Waals surface area contributed by atoms with E-state index in [9.17, 15) is 4.79 Å². The van der Waals surface area contributed by atoms with Gasteiger partial charge in [0, 0.05) is 22.2 Å². The van der Waals surface area contributed by atoms with Crippen molar-refractivity contribution in [3.63, 3.8) is 0 Å². The zero-order valence-corrected chi connectivity index (χ0v) is 17.3. The molecule has 0 fully saturated rings. The molecule has 0 saturated carbocycles. The number of nitrogens with one attached hydrogen (secondary N) is 1. The average Bonchev–Trinajstić information content (AvgIpc) is 3.21. The molecule has 1 unspecified atom stereocenters. The average molecular weight is 394 g/mol. The second kappa shape index (κ2) is 7.10. The minimum Gasteiger partial charge on any atom is -0.324 e. The summed E-state index contributed by atoms with van der Waals surface area (Å²) in [7, 11) is 0. The molecule has 0 radical (unpaired) electrons. The van der Waals surface area contributed by atoms with Gasteiger partial charge in [0.1, 0.15) is 5.69 Å². The zero-order chi connectivity index (χ0) is 20.0. The van der Waals surface area contributed by atoms with Crippen molar-refractivity contribution in [2.75, 3.05) is 0 Å². The third-order valence-corrected chi connectivity index (χ3v) is 5.65. The summed E-state index contributed by atoms with van der Waals surface area (Å²) in [6.07, 6.45) is 0. The number of amides is 1. The molecular formula is C23H24ClN3O. The molecular weight excluding hydrogens is 370 g/mol. The van der Waals surface area contributed by atoms with E-state index in [1.165, 1.54) is 5.56 Å². The fourth-order valence-electron chi connectivity index (χ4n) is 3.92. The van der Waals surface area contributed by atoms with Gasteiger partial charge in [-0.25, -0.2) is 0 Å². The number of benzene rings is 2. The number of aromatic amines is 1. The Bertz CT molecular complexity index is 1000. The van der Waals surface area contributed by atoms with E-state index in [4.69, 9.17) is 11.6 Å². The van der Waals surface area contributed by atoms with E-state index in [1.54, 1.807) is 0 Å². The maximum absolute atomic E-state index is 13.1. The molecule has 2 heterocycles. The topological polar surface area (TPSA) is 49.0 Å². The highest BCUT2D eigenvalue weighted by atomic mass is 35.5. The number of nitrogens with zero attached hydrogens (tertiary/aromatic N) is 2. The zero-order valence-electron chi connectivity index (χ0n) is 16.5. The van der Waals surface area contributed by atoms with Crippen LogP contribution in [0.3, 0.4) is 0 Å². The summed E-state index contributed by atoms with van der Waals surface area (Å²) in [4.78, 5) is 15.1. The van der Waals surface area contributed by atoms with Gasteiger partial charge in [-0.15, -0.1) is 0 Å². The van der Waals surface area contributed by atoms with E-state index in [2.05, 4.69) is 62.2 Å². The van der Waals surface area contributed by atoms with Gasteiger partial charge in [-0.3, -0.25) is 9.89 Å². The van der Waals surface area contributed by atoms with Gasteiger partial charge >= 0.3 is 0 Å². The molecule has 3 aromatic rings. The lowest BCUT2D eigenvalue weighted by Gasteiger charge is -2.30. The molecule has 1 aliphatic rings. The number of carbonyl (C=O) groups is 1. The lowest BCUT2D eigenvalue weighted by molar-refractivity contribution is 0.0688. The number of rotatable bonds is 4. The molecule has 0 saturated heterocycles. The number of H-pyrrole nitrogens is 1. The number of fused-ring (bicyclic) bond motifs is 1. The molecule has 0 spiro atoms. The number of carbonyl (C=O) groups excluding carboxylic acids is 1. The standard InChI is InChI=1S/C23H24ClN3O/c1-13(2)15-5-7-17(8-6-15)22-19-20(16-9-11-18(24)12-10-16)25-26-21(19)23(28)27(22)14(3)4/h5-14,22H,1-4H3,(H,25,26). The minimum absolute atomic E-state index is 0.00403. The van der Waals surface area contributed by atoms with Gasteiger partial charge in [0.15, 0.2) is 0 Å². The maximum atomic E-state index is 13.1. The molecule has 0 bridgehead atoms. The Kier molecular flexibility index (Phi) is 4.76. The molecule has 4 rings (SSSR count). The van der Waals surface area contributed by atoms with Crippen LogP contribution in [0.15, 0.2) is 48.5 Å². The van der Waals surface area contributed by atoms with Gasteiger partial charge in [-0.05, 0) is 43.0 Å². The Morgan fingerprint density at radius 1 is 1.00 bits per heavy atom. The first-order valence-electron chi connectivity index (χ1n) is 9.65. The van der Waals surface area contributed by atoms with Crippen molar-refractivity contribution < 1.29 is 4.79 Å². The van der Waals surface area contributed by atoms with Crippen LogP contribution < -0.4 is 0 Å². The molecule has 1 N–H and O–H groups in total. The number of halogens is 1. The molecule has 1 aromatic heterocycles. The summed E-state index contributed by atoms with van der Waals surface area (Å²) < 4.78 is 0. The van der Waals surface area contributed by atoms with Gasteiger partial charge in [0.25, 0.3) is 5.91 Å². The van der Waals surface area contributed by atoms with Gasteiger partial charge in [-0.2, -0.15) is 5.10 Å². The molecule has 1 aliphatic heterocycles. The Morgan fingerprint density at radius 2 is 1.64 bits per heavy atom. The van der Waals surface area contributed by atoms with Crippen LogP contribution in [0.2, 0.25) is 5.02 Å². The SMILES string of the molecule is CC(C)c1ccc(C2c3c(-c4ccc(Cl)cc4)n[nH]c3C(=O)N2C(C)C)cc1. The van der Waals surface area contributed by atoms with Crippen LogP contribution in [0, 0.1) is 0 Å². The highest BCUT2D eigenvalue weighted by Crippen LogP contribution is 2.44. The molecule has 5 heteroatoms. The van der Waals surface area contributed by atoms with Crippen molar-refractivity contribution in [3.05, 3.63) is 75.9 Å². The number of aromatic nitrogens is 2. The molecule has 4 nitrogen and oxygen atoms in total. The van der Waals surface area contributed by atoms with Crippen LogP contribution in [0.5, 0.6) is 0 Å². The molecule has 2 aromatic carbocycles. The summed E-state index contributed by atoms with van der Waals surface area (Å²) in [6.45, 7) is 8.46. The minimum atomic E-state index is -0.159. The van der Waals surface area contributed by atoms with Crippen LogP contribution in [0.1, 0.15) is 66.8 Å². The van der Waals surface area contributed by atoms with Crippen molar-refractivity contribution in [2.45, 2.75) is 45.7 Å². The lowest BCUT2D eigenvalue weighted by atomic mass is 9.93. The first kappa shape index (κ1) is 18.8. The number of hydrogen-bond acceptors (Lipinski definition) is 2. The second-order valence-electron chi connectivity index (χ2n) is 7.90. The first-order valence-corrected chi connectivity index (χ1v) is 10.0. The maximum Gasteiger partial charge on any atom is 0.273 e. The third kappa shape index (κ3) is 3.02. The van der Waals surface area contributed by atoms with E-state index < -0.39 is 0 Å². The van der Waals surface area contributed by atoms with Crippen LogP contribution >= 0.6 is 11.6 Å². The number of hydrogen-bond donors (Lipinski definition) is 1. The van der Waals surface area contributed by atoms with E-state index in [-0.39, 0.29) is 18.0 Å². The predicted molar refractivity (Wildman–Crippen MR) is 113 cm³/mol. The van der Waals surface area contributed by atoms with Crippen LogP contribution in [0.4, 0.5) is 0 Å². The highest BCUT2D eigenvalue weighted by Gasteiger charge is 2.43. The van der Waals surface area contributed by atoms with E-state index in [0.717, 1.165) is 22.4 Å². The fourth-order valence-corrected chi connectivity index (χ4v) is 4.04. The van der Waals surface area contributed by atoms with Crippen molar-refractivity contribution in [2.24, 2.45) is 0 Å². The Balaban J connectivity index is 1.86. The van der Waals surface area contributed by atoms with E-state index in [1.807, 2.05) is 29.2 Å². The molecule has 0 aliphatic carbocycles. The molecule has 144 valence electrons. The normalized spacial score (nSPS) is 16.3. The van der Waals surface area contributed by atoms with Crippen molar-refractivity contribution in [3.8, 4) is 11.3 Å². The van der Waals surface area contributed by atoms with Gasteiger partial charge < -0.3 is 4.90 Å². The third-order valence-electron chi connectivity index (χ3n) is 5.40. The highest BCUT2D eigenvalue weighted by molar-refractivity contribution is 6.30. The van der Waals surface area contributed by atoms with Crippen molar-refractivity contribution in [1.29, 1.82) is 0 Å². The Hall–Kier alpha value is -2.59. The summed E-state index contributed by atoms with van der Waals surface area (Å²) in [5, 5.41) is 8.15. The van der Waals surface area contributed by atoms with Crippen LogP contribution in [0.25, 0.3) is 11.3 Å². The fraction of sp³-hybridized carbons (Fsp3) is 0.304. The van der Waals surface area contributed by atoms with Gasteiger partial charge in [-0.1, -0.05) is 61.8 Å².